The van der Waals surface area contributed by atoms with Crippen molar-refractivity contribution in [2.45, 2.75) is 11.9 Å². The van der Waals surface area contributed by atoms with Crippen LogP contribution in [-0.2, 0) is 0 Å². The highest BCUT2D eigenvalue weighted by molar-refractivity contribution is 8.00. The molecule has 2 aromatic rings. The van der Waals surface area contributed by atoms with Crippen LogP contribution in [0.5, 0.6) is 0 Å². The molecule has 0 unspecified atom stereocenters. The zero-order valence-corrected chi connectivity index (χ0v) is 11.0. The number of carbonyl (C=O) groups is 1. The van der Waals surface area contributed by atoms with E-state index < -0.39 is 5.91 Å². The van der Waals surface area contributed by atoms with Crippen LogP contribution in [0.3, 0.4) is 0 Å². The summed E-state index contributed by atoms with van der Waals surface area (Å²) in [5.74, 6) is 0.0826. The monoisotopic (exact) mass is 273 g/mol. The average Bonchev–Trinajstić information content (AvgIpc) is 2.82. The standard InChI is InChI=1S/C12H11N5OS/c1-7-2-4-8(5-3-7)9-6-19-12-10(11(13)18)14-16-17(12)15-9/h2-5H,6H2,1H3,(H2,13,18). The second-order valence-corrected chi connectivity index (χ2v) is 5.16. The number of fused-ring (bicyclic) bond motifs is 1. The lowest BCUT2D eigenvalue weighted by Gasteiger charge is -2.12. The largest absolute Gasteiger partial charge is 0.364 e. The zero-order chi connectivity index (χ0) is 13.4. The molecule has 1 aliphatic rings. The molecule has 1 aromatic heterocycles. The number of nitrogens with zero attached hydrogens (tertiary/aromatic N) is 4. The van der Waals surface area contributed by atoms with Gasteiger partial charge < -0.3 is 5.73 Å². The molecule has 2 N–H and O–H groups in total. The van der Waals surface area contributed by atoms with E-state index in [1.807, 2.05) is 31.2 Å². The molecule has 1 aromatic carbocycles. The van der Waals surface area contributed by atoms with E-state index in [9.17, 15) is 4.79 Å². The Morgan fingerprint density at radius 2 is 2.11 bits per heavy atom. The fraction of sp³-hybridized carbons (Fsp3) is 0.167. The summed E-state index contributed by atoms with van der Waals surface area (Å²) < 4.78 is 0. The van der Waals surface area contributed by atoms with Crippen molar-refractivity contribution in [3.63, 3.8) is 0 Å². The van der Waals surface area contributed by atoms with Crippen LogP contribution in [0, 0.1) is 6.92 Å². The lowest BCUT2D eigenvalue weighted by Crippen LogP contribution is -2.17. The zero-order valence-electron chi connectivity index (χ0n) is 10.2. The van der Waals surface area contributed by atoms with Gasteiger partial charge in [0.2, 0.25) is 0 Å². The van der Waals surface area contributed by atoms with E-state index in [4.69, 9.17) is 5.73 Å². The Morgan fingerprint density at radius 1 is 1.37 bits per heavy atom. The molecule has 0 radical (unpaired) electrons. The second kappa shape index (κ2) is 4.51. The number of aromatic nitrogens is 3. The minimum atomic E-state index is -0.581. The van der Waals surface area contributed by atoms with Crippen molar-refractivity contribution >= 4 is 23.4 Å². The summed E-state index contributed by atoms with van der Waals surface area (Å²) in [6.07, 6.45) is 0. The third kappa shape index (κ3) is 2.12. The first kappa shape index (κ1) is 11.9. The topological polar surface area (TPSA) is 86.2 Å². The Morgan fingerprint density at radius 3 is 2.79 bits per heavy atom. The lowest BCUT2D eigenvalue weighted by molar-refractivity contribution is 0.0992. The molecule has 0 saturated carbocycles. The van der Waals surface area contributed by atoms with Crippen LogP contribution in [0.4, 0.5) is 0 Å². The highest BCUT2D eigenvalue weighted by Crippen LogP contribution is 2.26. The number of amides is 1. The van der Waals surface area contributed by atoms with E-state index in [2.05, 4.69) is 15.4 Å². The highest BCUT2D eigenvalue weighted by Gasteiger charge is 2.23. The third-order valence-electron chi connectivity index (χ3n) is 2.79. The molecule has 0 saturated heterocycles. The van der Waals surface area contributed by atoms with Gasteiger partial charge in [-0.05, 0) is 17.7 Å². The van der Waals surface area contributed by atoms with Crippen molar-refractivity contribution in [2.24, 2.45) is 10.8 Å². The molecule has 0 atom stereocenters. The fourth-order valence-corrected chi connectivity index (χ4v) is 2.75. The van der Waals surface area contributed by atoms with E-state index in [0.29, 0.717) is 10.8 Å². The number of primary amides is 1. The molecule has 6 nitrogen and oxygen atoms in total. The second-order valence-electron chi connectivity index (χ2n) is 4.20. The number of aryl methyl sites for hydroxylation is 1. The molecule has 0 aliphatic carbocycles. The lowest BCUT2D eigenvalue weighted by atomic mass is 10.1. The number of rotatable bonds is 2. The van der Waals surface area contributed by atoms with Crippen LogP contribution >= 0.6 is 11.8 Å². The van der Waals surface area contributed by atoms with Crippen molar-refractivity contribution < 1.29 is 4.79 Å². The van der Waals surface area contributed by atoms with Gasteiger partial charge in [0.05, 0.1) is 5.71 Å². The Hall–Kier alpha value is -2.15. The van der Waals surface area contributed by atoms with Crippen LogP contribution in [0.25, 0.3) is 0 Å². The number of thioether (sulfide) groups is 1. The number of benzene rings is 1. The summed E-state index contributed by atoms with van der Waals surface area (Å²) >= 11 is 1.46. The van der Waals surface area contributed by atoms with Gasteiger partial charge in [-0.25, -0.2) is 0 Å². The van der Waals surface area contributed by atoms with Gasteiger partial charge in [0.25, 0.3) is 5.91 Å². The van der Waals surface area contributed by atoms with Crippen molar-refractivity contribution in [3.8, 4) is 0 Å². The molecule has 3 rings (SSSR count). The summed E-state index contributed by atoms with van der Waals surface area (Å²) in [7, 11) is 0. The van der Waals surface area contributed by atoms with Crippen LogP contribution in [0.2, 0.25) is 0 Å². The summed E-state index contributed by atoms with van der Waals surface area (Å²) in [5, 5.41) is 12.6. The predicted octanol–water partition coefficient (Wildman–Crippen LogP) is 1.04. The average molecular weight is 273 g/mol. The molecule has 0 bridgehead atoms. The molecule has 7 heteroatoms. The predicted molar refractivity (Wildman–Crippen MR) is 72.4 cm³/mol. The quantitative estimate of drug-likeness (QED) is 0.886. The number of carbonyl (C=O) groups excluding carboxylic acids is 1. The van der Waals surface area contributed by atoms with E-state index in [1.165, 1.54) is 22.1 Å². The first-order chi connectivity index (χ1) is 9.15. The van der Waals surface area contributed by atoms with E-state index in [0.717, 1.165) is 11.3 Å². The number of nitrogens with two attached hydrogens (primary N) is 1. The number of hydrogen-bond acceptors (Lipinski definition) is 5. The van der Waals surface area contributed by atoms with E-state index in [1.54, 1.807) is 0 Å². The molecular formula is C12H11N5OS. The van der Waals surface area contributed by atoms with Crippen LogP contribution < -0.4 is 5.73 Å². The number of hydrogen-bond donors (Lipinski definition) is 1. The molecule has 0 fully saturated rings. The van der Waals surface area contributed by atoms with Gasteiger partial charge in [-0.2, -0.15) is 5.10 Å². The van der Waals surface area contributed by atoms with Crippen LogP contribution in [0.1, 0.15) is 21.6 Å². The van der Waals surface area contributed by atoms with Crippen molar-refractivity contribution in [2.75, 3.05) is 5.75 Å². The summed E-state index contributed by atoms with van der Waals surface area (Å²) in [6.45, 7) is 2.04. The van der Waals surface area contributed by atoms with E-state index in [-0.39, 0.29) is 5.69 Å². The van der Waals surface area contributed by atoms with Crippen LogP contribution in [0.15, 0.2) is 34.4 Å². The molecule has 2 heterocycles. The molecule has 1 amide bonds. The van der Waals surface area contributed by atoms with Gasteiger partial charge in [-0.15, -0.1) is 9.89 Å². The minimum Gasteiger partial charge on any atom is -0.364 e. The van der Waals surface area contributed by atoms with Gasteiger partial charge in [-0.1, -0.05) is 41.6 Å². The smallest absolute Gasteiger partial charge is 0.272 e. The van der Waals surface area contributed by atoms with Gasteiger partial charge in [0, 0.05) is 5.75 Å². The molecule has 0 spiro atoms. The third-order valence-corrected chi connectivity index (χ3v) is 3.84. The first-order valence-electron chi connectivity index (χ1n) is 5.68. The van der Waals surface area contributed by atoms with Crippen molar-refractivity contribution in [3.05, 3.63) is 41.1 Å². The highest BCUT2D eigenvalue weighted by atomic mass is 32.2. The summed E-state index contributed by atoms with van der Waals surface area (Å²) in [5.41, 5.74) is 8.55. The molecule has 19 heavy (non-hydrogen) atoms. The first-order valence-corrected chi connectivity index (χ1v) is 6.67. The van der Waals surface area contributed by atoms with Crippen molar-refractivity contribution in [1.82, 2.24) is 15.1 Å². The maximum Gasteiger partial charge on any atom is 0.272 e. The van der Waals surface area contributed by atoms with Gasteiger partial charge in [0.15, 0.2) is 10.7 Å². The Balaban J connectivity index is 2.00. The SMILES string of the molecule is Cc1ccc(C2=Nn3nnc(C(N)=O)c3SC2)cc1. The van der Waals surface area contributed by atoms with Gasteiger partial charge >= 0.3 is 0 Å². The Bertz CT molecular complexity index is 674. The van der Waals surface area contributed by atoms with Gasteiger partial charge in [0.1, 0.15) is 0 Å². The minimum absolute atomic E-state index is 0.178. The summed E-state index contributed by atoms with van der Waals surface area (Å²) in [4.78, 5) is 12.5. The molecule has 96 valence electrons. The fourth-order valence-electron chi connectivity index (χ4n) is 1.78. The maximum absolute atomic E-state index is 11.2. The maximum atomic E-state index is 11.2. The Labute approximate surface area is 113 Å². The normalized spacial score (nSPS) is 13.8. The van der Waals surface area contributed by atoms with Crippen molar-refractivity contribution in [1.29, 1.82) is 0 Å². The summed E-state index contributed by atoms with van der Waals surface area (Å²) in [6, 6.07) is 8.11. The van der Waals surface area contributed by atoms with Gasteiger partial charge in [-0.3, -0.25) is 4.79 Å². The molecule has 1 aliphatic heterocycles. The molecular weight excluding hydrogens is 262 g/mol. The Kier molecular flexibility index (Phi) is 2.83. The van der Waals surface area contributed by atoms with Crippen LogP contribution in [-0.4, -0.2) is 32.5 Å². The van der Waals surface area contributed by atoms with E-state index >= 15 is 0 Å².